The first-order valence-electron chi connectivity index (χ1n) is 7.10. The van der Waals surface area contributed by atoms with E-state index >= 15 is 0 Å². The highest BCUT2D eigenvalue weighted by Gasteiger charge is 2.20. The van der Waals surface area contributed by atoms with Crippen LogP contribution in [-0.2, 0) is 4.79 Å². The van der Waals surface area contributed by atoms with Gasteiger partial charge in [-0.15, -0.1) is 0 Å². The first-order chi connectivity index (χ1) is 11.3. The topological polar surface area (TPSA) is 125 Å². The largest absolute Gasteiger partial charge is 0.477 e. The maximum Gasteiger partial charge on any atom is 0.351 e. The summed E-state index contributed by atoms with van der Waals surface area (Å²) in [6, 6.07) is 5.53. The summed E-state index contributed by atoms with van der Waals surface area (Å²) in [5, 5.41) is 29.4. The zero-order valence-electron chi connectivity index (χ0n) is 12.8. The highest BCUT2D eigenvalue weighted by molar-refractivity contribution is 8.13. The number of benzene rings is 1. The molecule has 128 valence electrons. The second-order valence-electron chi connectivity index (χ2n) is 5.19. The van der Waals surface area contributed by atoms with Crippen LogP contribution in [0.5, 0.6) is 0 Å². The monoisotopic (exact) mass is 352 g/mol. The number of hydrogen-bond donors (Lipinski definition) is 3. The quantitative estimate of drug-likeness (QED) is 0.669. The van der Waals surface area contributed by atoms with Gasteiger partial charge in [-0.3, -0.25) is 4.79 Å². The van der Waals surface area contributed by atoms with Gasteiger partial charge in [0.2, 0.25) is 0 Å². The fourth-order valence-electron chi connectivity index (χ4n) is 2.18. The molecule has 2 atom stereocenters. The molecule has 0 aliphatic carbocycles. The number of fused-ring (bicyclic) bond motifs is 1. The van der Waals surface area contributed by atoms with Gasteiger partial charge in [0.15, 0.2) is 5.12 Å². The van der Waals surface area contributed by atoms with Crippen LogP contribution in [0.15, 0.2) is 33.5 Å². The number of carboxylic acids is 1. The van der Waals surface area contributed by atoms with Crippen LogP contribution < -0.4 is 5.63 Å². The van der Waals surface area contributed by atoms with Gasteiger partial charge < -0.3 is 19.7 Å². The Kier molecular flexibility index (Phi) is 5.76. The maximum absolute atomic E-state index is 11.5. The van der Waals surface area contributed by atoms with Crippen LogP contribution in [0.1, 0.15) is 35.4 Å². The zero-order chi connectivity index (χ0) is 17.9. The van der Waals surface area contributed by atoms with E-state index in [0.29, 0.717) is 16.7 Å². The summed E-state index contributed by atoms with van der Waals surface area (Å²) in [7, 11) is 0. The van der Waals surface area contributed by atoms with Crippen LogP contribution in [0.3, 0.4) is 0 Å². The van der Waals surface area contributed by atoms with Crippen LogP contribution in [0.2, 0.25) is 0 Å². The van der Waals surface area contributed by atoms with E-state index in [-0.39, 0.29) is 17.1 Å². The van der Waals surface area contributed by atoms with Crippen molar-refractivity contribution in [3.8, 4) is 0 Å². The molecular weight excluding hydrogens is 336 g/mol. The minimum Gasteiger partial charge on any atom is -0.477 e. The van der Waals surface area contributed by atoms with Crippen molar-refractivity contribution in [2.45, 2.75) is 25.6 Å². The van der Waals surface area contributed by atoms with E-state index in [1.54, 1.807) is 0 Å². The molecule has 1 aromatic heterocycles. The Labute approximate surface area is 140 Å². The summed E-state index contributed by atoms with van der Waals surface area (Å²) in [6.07, 6.45) is -2.07. The van der Waals surface area contributed by atoms with Crippen molar-refractivity contribution in [3.05, 3.63) is 45.8 Å². The summed E-state index contributed by atoms with van der Waals surface area (Å²) < 4.78 is 4.92. The number of thioether (sulfide) groups is 1. The molecule has 0 bridgehead atoms. The lowest BCUT2D eigenvalue weighted by atomic mass is 10.0. The van der Waals surface area contributed by atoms with Gasteiger partial charge in [-0.1, -0.05) is 17.8 Å². The van der Waals surface area contributed by atoms with Crippen LogP contribution in [0.4, 0.5) is 0 Å². The van der Waals surface area contributed by atoms with Crippen molar-refractivity contribution in [2.24, 2.45) is 0 Å². The smallest absolute Gasteiger partial charge is 0.351 e. The van der Waals surface area contributed by atoms with E-state index in [1.165, 1.54) is 25.1 Å². The number of carbonyl (C=O) groups is 2. The van der Waals surface area contributed by atoms with Crippen LogP contribution >= 0.6 is 11.8 Å². The normalized spacial score (nSPS) is 13.6. The Morgan fingerprint density at radius 2 is 1.96 bits per heavy atom. The van der Waals surface area contributed by atoms with Crippen molar-refractivity contribution >= 4 is 33.8 Å². The van der Waals surface area contributed by atoms with Crippen LogP contribution in [0.25, 0.3) is 11.0 Å². The fraction of sp³-hybridized carbons (Fsp3) is 0.312. The third kappa shape index (κ3) is 4.22. The molecule has 0 amide bonds. The molecular formula is C16H16O7S. The van der Waals surface area contributed by atoms with E-state index < -0.39 is 29.4 Å². The third-order valence-corrected chi connectivity index (χ3v) is 4.26. The summed E-state index contributed by atoms with van der Waals surface area (Å²) in [6.45, 7) is 1.42. The Morgan fingerprint density at radius 1 is 1.25 bits per heavy atom. The predicted octanol–water partition coefficient (Wildman–Crippen LogP) is 1.56. The molecule has 24 heavy (non-hydrogen) atoms. The molecule has 2 aromatic rings. The van der Waals surface area contributed by atoms with Crippen molar-refractivity contribution in [3.63, 3.8) is 0 Å². The van der Waals surface area contributed by atoms with Gasteiger partial charge in [0.05, 0.1) is 6.10 Å². The first kappa shape index (κ1) is 18.2. The second kappa shape index (κ2) is 7.61. The summed E-state index contributed by atoms with van der Waals surface area (Å²) >= 11 is 1.06. The van der Waals surface area contributed by atoms with Crippen molar-refractivity contribution in [2.75, 3.05) is 5.75 Å². The molecule has 1 aromatic carbocycles. The number of aliphatic hydroxyl groups excluding tert-OH is 2. The number of rotatable bonds is 6. The second-order valence-corrected chi connectivity index (χ2v) is 6.46. The molecule has 0 aliphatic rings. The molecule has 1 heterocycles. The maximum atomic E-state index is 11.5. The van der Waals surface area contributed by atoms with Gasteiger partial charge >= 0.3 is 11.6 Å². The van der Waals surface area contributed by atoms with Crippen LogP contribution in [-0.4, -0.2) is 38.3 Å². The lowest BCUT2D eigenvalue weighted by Crippen LogP contribution is -2.19. The molecule has 0 spiro atoms. The highest BCUT2D eigenvalue weighted by atomic mass is 32.2. The fourth-order valence-corrected chi connectivity index (χ4v) is 2.83. The number of hydrogen-bond acceptors (Lipinski definition) is 7. The van der Waals surface area contributed by atoms with E-state index in [1.807, 2.05) is 0 Å². The minimum atomic E-state index is -1.40. The highest BCUT2D eigenvalue weighted by Crippen LogP contribution is 2.24. The molecule has 0 fully saturated rings. The van der Waals surface area contributed by atoms with E-state index in [4.69, 9.17) is 9.52 Å². The molecule has 3 N–H and O–H groups in total. The van der Waals surface area contributed by atoms with Crippen molar-refractivity contribution in [1.82, 2.24) is 0 Å². The lowest BCUT2D eigenvalue weighted by molar-refractivity contribution is -0.109. The molecule has 0 saturated heterocycles. The number of carbonyl (C=O) groups excluding carboxylic acids is 1. The average Bonchev–Trinajstić information content (AvgIpc) is 2.52. The Hall–Kier alpha value is -2.16. The summed E-state index contributed by atoms with van der Waals surface area (Å²) in [5.41, 5.74) is -0.923. The molecule has 0 radical (unpaired) electrons. The summed E-state index contributed by atoms with van der Waals surface area (Å²) in [4.78, 5) is 33.4. The SMILES string of the molecule is CC(=O)SCCC(O)C(O)c1ccc2oc(=O)c(C(=O)O)cc2c1. The molecule has 0 aliphatic heterocycles. The van der Waals surface area contributed by atoms with E-state index in [2.05, 4.69) is 0 Å². The van der Waals surface area contributed by atoms with Crippen molar-refractivity contribution in [1.29, 1.82) is 0 Å². The predicted molar refractivity (Wildman–Crippen MR) is 88.2 cm³/mol. The molecule has 2 rings (SSSR count). The van der Waals surface area contributed by atoms with Gasteiger partial charge in [-0.25, -0.2) is 9.59 Å². The molecule has 8 heteroatoms. The molecule has 0 saturated carbocycles. The first-order valence-corrected chi connectivity index (χ1v) is 8.08. The standard InChI is InChI=1S/C16H16O7S/c1-8(17)24-5-4-12(18)14(19)9-2-3-13-10(6-9)7-11(15(20)21)16(22)23-13/h2-3,6-7,12,14,18-19H,4-5H2,1H3,(H,20,21). The van der Waals surface area contributed by atoms with Gasteiger partial charge in [0.25, 0.3) is 0 Å². The minimum absolute atomic E-state index is 0.0707. The van der Waals surface area contributed by atoms with Gasteiger partial charge in [0.1, 0.15) is 17.3 Å². The van der Waals surface area contributed by atoms with Gasteiger partial charge in [0, 0.05) is 18.1 Å². The van der Waals surface area contributed by atoms with Crippen LogP contribution in [0, 0.1) is 0 Å². The Morgan fingerprint density at radius 3 is 2.58 bits per heavy atom. The lowest BCUT2D eigenvalue weighted by Gasteiger charge is -2.18. The third-order valence-electron chi connectivity index (χ3n) is 3.41. The zero-order valence-corrected chi connectivity index (χ0v) is 13.6. The number of aromatic carboxylic acids is 1. The number of aliphatic hydroxyl groups is 2. The van der Waals surface area contributed by atoms with Gasteiger partial charge in [-0.2, -0.15) is 0 Å². The Balaban J connectivity index is 2.25. The average molecular weight is 352 g/mol. The van der Waals surface area contributed by atoms with E-state index in [0.717, 1.165) is 17.8 Å². The molecule has 7 nitrogen and oxygen atoms in total. The number of carboxylic acid groups (broad SMARTS) is 1. The Bertz CT molecular complexity index is 827. The van der Waals surface area contributed by atoms with E-state index in [9.17, 15) is 24.6 Å². The molecule has 2 unspecified atom stereocenters. The van der Waals surface area contributed by atoms with Crippen molar-refractivity contribution < 1.29 is 29.3 Å². The van der Waals surface area contributed by atoms with Gasteiger partial charge in [-0.05, 0) is 30.2 Å². The summed E-state index contributed by atoms with van der Waals surface area (Å²) in [5.74, 6) is -1.03.